The number of nitrogen functional groups attached to an aromatic ring is 1. The summed E-state index contributed by atoms with van der Waals surface area (Å²) in [4.78, 5) is 2.18. The molecule has 1 heterocycles. The Labute approximate surface area is 97.2 Å². The van der Waals surface area contributed by atoms with Crippen LogP contribution in [0.25, 0.3) is 0 Å². The van der Waals surface area contributed by atoms with Gasteiger partial charge in [-0.3, -0.25) is 0 Å². The number of ether oxygens (including phenoxy) is 1. The van der Waals surface area contributed by atoms with Crippen LogP contribution in [-0.4, -0.2) is 25.8 Å². The lowest BCUT2D eigenvalue weighted by atomic mass is 10.2. The van der Waals surface area contributed by atoms with Gasteiger partial charge in [0.15, 0.2) is 0 Å². The molecule has 0 aromatic heterocycles. The molecule has 1 aromatic rings. The second-order valence-electron chi connectivity index (χ2n) is 4.59. The lowest BCUT2D eigenvalue weighted by Gasteiger charge is -2.24. The normalized spacial score (nSPS) is 24.6. The number of nitrogens with two attached hydrogens (primary N) is 1. The zero-order valence-corrected chi connectivity index (χ0v) is 10.0. The van der Waals surface area contributed by atoms with Gasteiger partial charge < -0.3 is 15.4 Å². The van der Waals surface area contributed by atoms with Gasteiger partial charge in [-0.1, -0.05) is 12.1 Å². The molecular weight excluding hydrogens is 200 g/mol. The molecule has 0 aliphatic carbocycles. The van der Waals surface area contributed by atoms with Crippen LogP contribution in [0.15, 0.2) is 24.3 Å². The fourth-order valence-electron chi connectivity index (χ4n) is 2.26. The van der Waals surface area contributed by atoms with E-state index in [9.17, 15) is 0 Å². The standard InChI is InChI=1S/C13H20N2O/c1-10-7-8-11(16-10)9-15(2)13-6-4-3-5-12(13)14/h3-6,10-11H,7-9,14H2,1-2H3. The molecule has 1 saturated heterocycles. The molecule has 88 valence electrons. The van der Waals surface area contributed by atoms with Gasteiger partial charge >= 0.3 is 0 Å². The van der Waals surface area contributed by atoms with Gasteiger partial charge in [-0.25, -0.2) is 0 Å². The summed E-state index contributed by atoms with van der Waals surface area (Å²) < 4.78 is 5.81. The number of hydrogen-bond acceptors (Lipinski definition) is 3. The van der Waals surface area contributed by atoms with Gasteiger partial charge in [-0.2, -0.15) is 0 Å². The van der Waals surface area contributed by atoms with Gasteiger partial charge in [-0.05, 0) is 31.9 Å². The third-order valence-electron chi connectivity index (χ3n) is 3.15. The molecule has 1 aromatic carbocycles. The molecule has 2 rings (SSSR count). The van der Waals surface area contributed by atoms with Crippen molar-refractivity contribution in [3.8, 4) is 0 Å². The topological polar surface area (TPSA) is 38.5 Å². The lowest BCUT2D eigenvalue weighted by molar-refractivity contribution is 0.0607. The Morgan fingerprint density at radius 2 is 2.12 bits per heavy atom. The van der Waals surface area contributed by atoms with Gasteiger partial charge in [0.05, 0.1) is 23.6 Å². The minimum absolute atomic E-state index is 0.347. The van der Waals surface area contributed by atoms with Crippen LogP contribution in [0.3, 0.4) is 0 Å². The maximum absolute atomic E-state index is 5.94. The first-order valence-corrected chi connectivity index (χ1v) is 5.88. The third-order valence-corrected chi connectivity index (χ3v) is 3.15. The molecular formula is C13H20N2O. The highest BCUT2D eigenvalue weighted by Crippen LogP contribution is 2.25. The summed E-state index contributed by atoms with van der Waals surface area (Å²) in [7, 11) is 2.07. The van der Waals surface area contributed by atoms with Crippen molar-refractivity contribution in [3.63, 3.8) is 0 Å². The van der Waals surface area contributed by atoms with Crippen molar-refractivity contribution in [2.75, 3.05) is 24.2 Å². The van der Waals surface area contributed by atoms with Crippen molar-refractivity contribution in [1.29, 1.82) is 0 Å². The first kappa shape index (κ1) is 11.3. The molecule has 3 heteroatoms. The lowest BCUT2D eigenvalue weighted by Crippen LogP contribution is -2.29. The number of anilines is 2. The second kappa shape index (κ2) is 4.74. The first-order valence-electron chi connectivity index (χ1n) is 5.88. The summed E-state index contributed by atoms with van der Waals surface area (Å²) in [6.07, 6.45) is 3.08. The van der Waals surface area contributed by atoms with Gasteiger partial charge in [-0.15, -0.1) is 0 Å². The molecule has 0 radical (unpaired) electrons. The van der Waals surface area contributed by atoms with E-state index in [2.05, 4.69) is 18.9 Å². The van der Waals surface area contributed by atoms with E-state index in [4.69, 9.17) is 10.5 Å². The predicted molar refractivity (Wildman–Crippen MR) is 67.7 cm³/mol. The van der Waals surface area contributed by atoms with Crippen LogP contribution in [0.2, 0.25) is 0 Å². The quantitative estimate of drug-likeness (QED) is 0.794. The van der Waals surface area contributed by atoms with Crippen LogP contribution in [-0.2, 0) is 4.74 Å². The van der Waals surface area contributed by atoms with Crippen LogP contribution in [0.4, 0.5) is 11.4 Å². The van der Waals surface area contributed by atoms with E-state index >= 15 is 0 Å². The predicted octanol–water partition coefficient (Wildman–Crippen LogP) is 2.27. The monoisotopic (exact) mass is 220 g/mol. The Balaban J connectivity index is 1.98. The second-order valence-corrected chi connectivity index (χ2v) is 4.59. The van der Waals surface area contributed by atoms with Gasteiger partial charge in [0.25, 0.3) is 0 Å². The Morgan fingerprint density at radius 3 is 2.75 bits per heavy atom. The molecule has 1 aliphatic heterocycles. The van der Waals surface area contributed by atoms with Crippen LogP contribution < -0.4 is 10.6 Å². The van der Waals surface area contributed by atoms with E-state index in [1.165, 1.54) is 6.42 Å². The van der Waals surface area contributed by atoms with Crippen molar-refractivity contribution in [1.82, 2.24) is 0 Å². The Bertz CT molecular complexity index is 354. The Morgan fingerprint density at radius 1 is 1.38 bits per heavy atom. The first-order chi connectivity index (χ1) is 7.66. The SMILES string of the molecule is CC1CCC(CN(C)c2ccccc2N)O1. The average molecular weight is 220 g/mol. The van der Waals surface area contributed by atoms with E-state index < -0.39 is 0 Å². The highest BCUT2D eigenvalue weighted by atomic mass is 16.5. The van der Waals surface area contributed by atoms with Crippen LogP contribution in [0.5, 0.6) is 0 Å². The highest BCUT2D eigenvalue weighted by molar-refractivity contribution is 5.66. The summed E-state index contributed by atoms with van der Waals surface area (Å²) >= 11 is 0. The minimum atomic E-state index is 0.347. The van der Waals surface area contributed by atoms with E-state index in [1.54, 1.807) is 0 Å². The average Bonchev–Trinajstić information content (AvgIpc) is 2.64. The van der Waals surface area contributed by atoms with E-state index in [0.29, 0.717) is 12.2 Å². The highest BCUT2D eigenvalue weighted by Gasteiger charge is 2.23. The molecule has 0 saturated carbocycles. The molecule has 2 atom stereocenters. The van der Waals surface area contributed by atoms with Crippen molar-refractivity contribution in [2.24, 2.45) is 0 Å². The van der Waals surface area contributed by atoms with Crippen molar-refractivity contribution < 1.29 is 4.74 Å². The maximum atomic E-state index is 5.94. The Hall–Kier alpha value is -1.22. The van der Waals surface area contributed by atoms with Crippen LogP contribution >= 0.6 is 0 Å². The molecule has 0 spiro atoms. The van der Waals surface area contributed by atoms with E-state index in [1.807, 2.05) is 24.3 Å². The molecule has 2 unspecified atom stereocenters. The maximum Gasteiger partial charge on any atom is 0.0754 e. The van der Waals surface area contributed by atoms with Crippen molar-refractivity contribution in [2.45, 2.75) is 32.0 Å². The van der Waals surface area contributed by atoms with E-state index in [-0.39, 0.29) is 0 Å². The van der Waals surface area contributed by atoms with E-state index in [0.717, 1.165) is 24.3 Å². The fraction of sp³-hybridized carbons (Fsp3) is 0.538. The molecule has 0 bridgehead atoms. The summed E-state index contributed by atoms with van der Waals surface area (Å²) in [5.41, 5.74) is 7.86. The molecule has 1 aliphatic rings. The summed E-state index contributed by atoms with van der Waals surface area (Å²) in [6, 6.07) is 7.96. The van der Waals surface area contributed by atoms with Crippen LogP contribution in [0, 0.1) is 0 Å². The zero-order valence-electron chi connectivity index (χ0n) is 10.0. The van der Waals surface area contributed by atoms with Gasteiger partial charge in [0.2, 0.25) is 0 Å². The van der Waals surface area contributed by atoms with Crippen molar-refractivity contribution in [3.05, 3.63) is 24.3 Å². The molecule has 16 heavy (non-hydrogen) atoms. The number of benzene rings is 1. The molecule has 1 fully saturated rings. The van der Waals surface area contributed by atoms with Crippen molar-refractivity contribution >= 4 is 11.4 Å². The fourth-order valence-corrected chi connectivity index (χ4v) is 2.26. The number of nitrogens with zero attached hydrogens (tertiary/aromatic N) is 1. The summed E-state index contributed by atoms with van der Waals surface area (Å²) in [5, 5.41) is 0. The largest absolute Gasteiger partial charge is 0.397 e. The Kier molecular flexibility index (Phi) is 3.34. The van der Waals surface area contributed by atoms with Gasteiger partial charge in [0.1, 0.15) is 0 Å². The molecule has 0 amide bonds. The number of hydrogen-bond donors (Lipinski definition) is 1. The minimum Gasteiger partial charge on any atom is -0.397 e. The smallest absolute Gasteiger partial charge is 0.0754 e. The zero-order chi connectivity index (χ0) is 11.5. The molecule has 3 nitrogen and oxygen atoms in total. The summed E-state index contributed by atoms with van der Waals surface area (Å²) in [5.74, 6) is 0. The number of rotatable bonds is 3. The molecule has 2 N–H and O–H groups in total. The number of likely N-dealkylation sites (N-methyl/N-ethyl adjacent to an activating group) is 1. The summed E-state index contributed by atoms with van der Waals surface area (Å²) in [6.45, 7) is 3.05. The van der Waals surface area contributed by atoms with Gasteiger partial charge in [0, 0.05) is 13.6 Å². The third kappa shape index (κ3) is 2.47. The number of para-hydroxylation sites is 2. The van der Waals surface area contributed by atoms with Crippen LogP contribution in [0.1, 0.15) is 19.8 Å².